The van der Waals surface area contributed by atoms with Crippen LogP contribution in [0.15, 0.2) is 23.2 Å². The molecule has 0 aliphatic carbocycles. The highest BCUT2D eigenvalue weighted by molar-refractivity contribution is 7.90. The van der Waals surface area contributed by atoms with Crippen LogP contribution in [0.3, 0.4) is 0 Å². The Morgan fingerprint density at radius 1 is 1.27 bits per heavy atom. The first-order chi connectivity index (χ1) is 12.3. The number of nitrogens with zero attached hydrogens (tertiary/aromatic N) is 2. The Morgan fingerprint density at radius 2 is 1.88 bits per heavy atom. The number of hydrogen-bond acceptors (Lipinski definition) is 4. The molecule has 146 valence electrons. The Kier molecular flexibility index (Phi) is 7.85. The van der Waals surface area contributed by atoms with E-state index in [1.807, 2.05) is 0 Å². The summed E-state index contributed by atoms with van der Waals surface area (Å²) in [6.45, 7) is 2.68. The highest BCUT2D eigenvalue weighted by Crippen LogP contribution is 2.25. The molecule has 6 nitrogen and oxygen atoms in total. The van der Waals surface area contributed by atoms with Crippen molar-refractivity contribution in [3.63, 3.8) is 0 Å². The van der Waals surface area contributed by atoms with Crippen molar-refractivity contribution < 1.29 is 13.2 Å². The number of benzene rings is 1. The molecule has 1 aliphatic heterocycles. The molecule has 2 rings (SSSR count). The third-order valence-corrected chi connectivity index (χ3v) is 5.59. The van der Waals surface area contributed by atoms with Crippen LogP contribution in [0.25, 0.3) is 0 Å². The molecule has 0 radical (unpaired) electrons. The van der Waals surface area contributed by atoms with Crippen molar-refractivity contribution in [3.05, 3.63) is 28.2 Å². The zero-order valence-corrected chi connectivity index (χ0v) is 17.4. The largest absolute Gasteiger partial charge is 0.493 e. The van der Waals surface area contributed by atoms with E-state index in [0.717, 1.165) is 31.9 Å². The van der Waals surface area contributed by atoms with Crippen molar-refractivity contribution in [3.8, 4) is 5.75 Å². The summed E-state index contributed by atoms with van der Waals surface area (Å²) in [5, 5.41) is 4.24. The first-order valence-electron chi connectivity index (χ1n) is 8.49. The van der Waals surface area contributed by atoms with E-state index in [4.69, 9.17) is 27.9 Å². The molecule has 1 aliphatic rings. The number of piperidine rings is 1. The van der Waals surface area contributed by atoms with Crippen molar-refractivity contribution in [1.29, 1.82) is 0 Å². The van der Waals surface area contributed by atoms with Crippen LogP contribution in [0, 0.1) is 5.92 Å². The van der Waals surface area contributed by atoms with Crippen LogP contribution in [-0.2, 0) is 9.84 Å². The number of aliphatic imine (C=N–C) groups is 1. The Morgan fingerprint density at radius 3 is 2.42 bits per heavy atom. The normalized spacial score (nSPS) is 16.6. The number of sulfone groups is 1. The van der Waals surface area contributed by atoms with Gasteiger partial charge in [0.2, 0.25) is 0 Å². The Bertz CT molecular complexity index is 713. The van der Waals surface area contributed by atoms with Crippen LogP contribution in [0.1, 0.15) is 12.8 Å². The average Bonchev–Trinajstić information content (AvgIpc) is 2.56. The lowest BCUT2D eigenvalue weighted by Gasteiger charge is -2.34. The zero-order chi connectivity index (χ0) is 19.2. The third-order valence-electron chi connectivity index (χ3n) is 4.20. The molecular weight excluding hydrogens is 397 g/mol. The van der Waals surface area contributed by atoms with Crippen LogP contribution in [0.5, 0.6) is 5.75 Å². The van der Waals surface area contributed by atoms with Gasteiger partial charge in [-0.25, -0.2) is 8.42 Å². The highest BCUT2D eigenvalue weighted by Gasteiger charge is 2.22. The van der Waals surface area contributed by atoms with Gasteiger partial charge in [-0.2, -0.15) is 0 Å². The molecule has 1 fully saturated rings. The number of guanidine groups is 1. The predicted octanol–water partition coefficient (Wildman–Crippen LogP) is 2.70. The molecule has 0 amide bonds. The number of hydrogen-bond donors (Lipinski definition) is 1. The maximum absolute atomic E-state index is 11.2. The number of rotatable bonds is 6. The minimum absolute atomic E-state index is 0.0958. The molecule has 1 saturated heterocycles. The Hall–Kier alpha value is -1.18. The summed E-state index contributed by atoms with van der Waals surface area (Å²) in [4.78, 5) is 6.39. The summed E-state index contributed by atoms with van der Waals surface area (Å²) in [7, 11) is -1.27. The fourth-order valence-electron chi connectivity index (χ4n) is 2.82. The van der Waals surface area contributed by atoms with Crippen molar-refractivity contribution in [2.45, 2.75) is 12.8 Å². The molecule has 0 spiro atoms. The van der Waals surface area contributed by atoms with E-state index in [1.165, 1.54) is 6.26 Å². The zero-order valence-electron chi connectivity index (χ0n) is 15.0. The summed E-state index contributed by atoms with van der Waals surface area (Å²) in [6.07, 6.45) is 3.18. The smallest absolute Gasteiger partial charge is 0.193 e. The standard InChI is InChI=1S/C17H25Cl2N3O3S/c1-20-17(21-5-8-26(2,23)24)22-6-3-13(4-7-22)12-25-16-10-14(18)9-15(19)11-16/h9-11,13H,3-8,12H2,1-2H3,(H,20,21). The second-order valence-electron chi connectivity index (χ2n) is 6.45. The summed E-state index contributed by atoms with van der Waals surface area (Å²) in [6, 6.07) is 5.20. The summed E-state index contributed by atoms with van der Waals surface area (Å²) in [5.74, 6) is 1.97. The fraction of sp³-hybridized carbons (Fsp3) is 0.588. The van der Waals surface area contributed by atoms with E-state index in [0.29, 0.717) is 34.9 Å². The molecule has 1 N–H and O–H groups in total. The van der Waals surface area contributed by atoms with E-state index in [1.54, 1.807) is 25.2 Å². The predicted molar refractivity (Wildman–Crippen MR) is 107 cm³/mol. The van der Waals surface area contributed by atoms with Crippen LogP contribution in [0.4, 0.5) is 0 Å². The van der Waals surface area contributed by atoms with Gasteiger partial charge < -0.3 is 15.0 Å². The molecule has 0 unspecified atom stereocenters. The molecule has 0 bridgehead atoms. The van der Waals surface area contributed by atoms with E-state index in [-0.39, 0.29) is 5.75 Å². The molecular formula is C17H25Cl2N3O3S. The molecule has 1 heterocycles. The summed E-state index contributed by atoms with van der Waals surface area (Å²) < 4.78 is 28.3. The van der Waals surface area contributed by atoms with E-state index in [9.17, 15) is 8.42 Å². The maximum atomic E-state index is 11.2. The van der Waals surface area contributed by atoms with Gasteiger partial charge in [0, 0.05) is 43.0 Å². The molecule has 0 aromatic heterocycles. The van der Waals surface area contributed by atoms with Crippen LogP contribution in [0.2, 0.25) is 10.0 Å². The summed E-state index contributed by atoms with van der Waals surface area (Å²) in [5.41, 5.74) is 0. The van der Waals surface area contributed by atoms with Gasteiger partial charge in [0.25, 0.3) is 0 Å². The second kappa shape index (κ2) is 9.67. The molecule has 9 heteroatoms. The van der Waals surface area contributed by atoms with Gasteiger partial charge >= 0.3 is 0 Å². The van der Waals surface area contributed by atoms with Gasteiger partial charge in [-0.3, -0.25) is 4.99 Å². The van der Waals surface area contributed by atoms with Crippen LogP contribution in [-0.4, -0.2) is 64.6 Å². The van der Waals surface area contributed by atoms with Crippen LogP contribution < -0.4 is 10.1 Å². The lowest BCUT2D eigenvalue weighted by Crippen LogP contribution is -2.47. The van der Waals surface area contributed by atoms with Gasteiger partial charge in [-0.05, 0) is 37.0 Å². The number of ether oxygens (including phenoxy) is 1. The molecule has 1 aromatic rings. The lowest BCUT2D eigenvalue weighted by molar-refractivity contribution is 0.179. The summed E-state index contributed by atoms with van der Waals surface area (Å²) >= 11 is 12.0. The Balaban J connectivity index is 1.77. The van der Waals surface area contributed by atoms with Gasteiger partial charge in [0.05, 0.1) is 12.4 Å². The first-order valence-corrected chi connectivity index (χ1v) is 11.3. The van der Waals surface area contributed by atoms with E-state index >= 15 is 0 Å². The van der Waals surface area contributed by atoms with Crippen molar-refractivity contribution in [2.24, 2.45) is 10.9 Å². The number of likely N-dealkylation sites (tertiary alicyclic amines) is 1. The van der Waals surface area contributed by atoms with Crippen molar-refractivity contribution >= 4 is 39.0 Å². The fourth-order valence-corrected chi connectivity index (χ4v) is 3.80. The molecule has 0 saturated carbocycles. The Labute approximate surface area is 165 Å². The SMILES string of the molecule is CN=C(NCCS(C)(=O)=O)N1CCC(COc2cc(Cl)cc(Cl)c2)CC1. The van der Waals surface area contributed by atoms with Crippen molar-refractivity contribution in [1.82, 2.24) is 10.2 Å². The van der Waals surface area contributed by atoms with Gasteiger partial charge in [-0.1, -0.05) is 23.2 Å². The topological polar surface area (TPSA) is 71.0 Å². The van der Waals surface area contributed by atoms with E-state index < -0.39 is 9.84 Å². The minimum Gasteiger partial charge on any atom is -0.493 e. The lowest BCUT2D eigenvalue weighted by atomic mass is 9.98. The quantitative estimate of drug-likeness (QED) is 0.564. The average molecular weight is 422 g/mol. The van der Waals surface area contributed by atoms with Gasteiger partial charge in [0.15, 0.2) is 5.96 Å². The number of halogens is 2. The van der Waals surface area contributed by atoms with Crippen LogP contribution >= 0.6 is 23.2 Å². The van der Waals surface area contributed by atoms with Gasteiger partial charge in [-0.15, -0.1) is 0 Å². The van der Waals surface area contributed by atoms with Gasteiger partial charge in [0.1, 0.15) is 15.6 Å². The monoisotopic (exact) mass is 421 g/mol. The maximum Gasteiger partial charge on any atom is 0.193 e. The molecule has 0 atom stereocenters. The minimum atomic E-state index is -2.98. The molecule has 26 heavy (non-hydrogen) atoms. The third kappa shape index (κ3) is 7.21. The second-order valence-corrected chi connectivity index (χ2v) is 9.58. The highest BCUT2D eigenvalue weighted by atomic mass is 35.5. The van der Waals surface area contributed by atoms with E-state index in [2.05, 4.69) is 15.2 Å². The molecule has 1 aromatic carbocycles. The first kappa shape index (κ1) is 21.1. The number of nitrogens with one attached hydrogen (secondary N) is 1. The van der Waals surface area contributed by atoms with Crippen molar-refractivity contribution in [2.75, 3.05) is 45.3 Å².